The highest BCUT2D eigenvalue weighted by Gasteiger charge is 2.25. The zero-order valence-electron chi connectivity index (χ0n) is 23.3. The molecule has 0 atom stereocenters. The monoisotopic (exact) mass is 612 g/mol. The highest BCUT2D eigenvalue weighted by molar-refractivity contribution is 7.92. The van der Waals surface area contributed by atoms with Gasteiger partial charge in [0.15, 0.2) is 6.61 Å². The Labute approximate surface area is 256 Å². The first kappa shape index (κ1) is 29.7. The number of sulfonamides is 1. The summed E-state index contributed by atoms with van der Waals surface area (Å²) in [4.78, 5) is 12.7. The van der Waals surface area contributed by atoms with Crippen LogP contribution in [0.2, 0.25) is 5.02 Å². The predicted molar refractivity (Wildman–Crippen MR) is 170 cm³/mol. The van der Waals surface area contributed by atoms with Crippen LogP contribution < -0.4 is 19.1 Å². The van der Waals surface area contributed by atoms with E-state index in [2.05, 4.69) is 5.32 Å². The van der Waals surface area contributed by atoms with Crippen molar-refractivity contribution in [1.82, 2.24) is 0 Å². The van der Waals surface area contributed by atoms with Gasteiger partial charge >= 0.3 is 0 Å². The van der Waals surface area contributed by atoms with Crippen LogP contribution in [0.3, 0.4) is 0 Å². The van der Waals surface area contributed by atoms with Crippen LogP contribution in [0.5, 0.6) is 17.2 Å². The van der Waals surface area contributed by atoms with Crippen molar-refractivity contribution in [3.8, 4) is 17.2 Å². The second-order valence-electron chi connectivity index (χ2n) is 9.72. The minimum absolute atomic E-state index is 0.102. The Bertz CT molecular complexity index is 1760. The standard InChI is InChI=1S/C34H29ClN2O5S/c1-25-7-21-33(22-8-25)43(39,40)37(23-26-9-11-27(35)12-10-26)29-15-19-30(20-16-29)41-24-34(38)36-28-13-17-32(18-14-28)42-31-5-3-2-4-6-31/h2-22H,23-24H2,1H3,(H,36,38). The number of amides is 1. The molecule has 0 fully saturated rings. The zero-order valence-corrected chi connectivity index (χ0v) is 24.9. The van der Waals surface area contributed by atoms with Gasteiger partial charge in [0.1, 0.15) is 17.2 Å². The summed E-state index contributed by atoms with van der Waals surface area (Å²) < 4.78 is 40.2. The molecule has 0 saturated carbocycles. The molecule has 0 heterocycles. The first-order valence-corrected chi connectivity index (χ1v) is 15.3. The normalized spacial score (nSPS) is 11.0. The maximum Gasteiger partial charge on any atom is 0.264 e. The minimum Gasteiger partial charge on any atom is -0.484 e. The van der Waals surface area contributed by atoms with Gasteiger partial charge in [-0.2, -0.15) is 0 Å². The number of aryl methyl sites for hydroxylation is 1. The molecule has 0 spiro atoms. The van der Waals surface area contributed by atoms with Crippen LogP contribution >= 0.6 is 11.6 Å². The van der Waals surface area contributed by atoms with Crippen LogP contribution in [0.1, 0.15) is 11.1 Å². The molecule has 0 unspecified atom stereocenters. The highest BCUT2D eigenvalue weighted by atomic mass is 35.5. The molecule has 0 saturated heterocycles. The summed E-state index contributed by atoms with van der Waals surface area (Å²) in [5.41, 5.74) is 2.79. The van der Waals surface area contributed by atoms with E-state index < -0.39 is 10.0 Å². The van der Waals surface area contributed by atoms with Gasteiger partial charge < -0.3 is 14.8 Å². The lowest BCUT2D eigenvalue weighted by Gasteiger charge is -2.25. The third-order valence-electron chi connectivity index (χ3n) is 6.46. The number of anilines is 2. The largest absolute Gasteiger partial charge is 0.484 e. The number of carbonyl (C=O) groups is 1. The smallest absolute Gasteiger partial charge is 0.264 e. The quantitative estimate of drug-likeness (QED) is 0.164. The Morgan fingerprint density at radius 2 is 1.35 bits per heavy atom. The summed E-state index contributed by atoms with van der Waals surface area (Å²) in [7, 11) is -3.89. The summed E-state index contributed by atoms with van der Waals surface area (Å²) >= 11 is 6.03. The van der Waals surface area contributed by atoms with E-state index in [4.69, 9.17) is 21.1 Å². The number of hydrogen-bond donors (Lipinski definition) is 1. The molecule has 0 aliphatic rings. The average molecular weight is 613 g/mol. The molecule has 7 nitrogen and oxygen atoms in total. The lowest BCUT2D eigenvalue weighted by atomic mass is 10.2. The summed E-state index contributed by atoms with van der Waals surface area (Å²) in [6.07, 6.45) is 0. The van der Waals surface area contributed by atoms with Crippen molar-refractivity contribution in [2.75, 3.05) is 16.2 Å². The van der Waals surface area contributed by atoms with Gasteiger partial charge in [-0.25, -0.2) is 8.42 Å². The van der Waals surface area contributed by atoms with Crippen molar-refractivity contribution < 1.29 is 22.7 Å². The van der Waals surface area contributed by atoms with Crippen molar-refractivity contribution >= 4 is 38.9 Å². The lowest BCUT2D eigenvalue weighted by Crippen LogP contribution is -2.30. The lowest BCUT2D eigenvalue weighted by molar-refractivity contribution is -0.118. The van der Waals surface area contributed by atoms with E-state index in [0.717, 1.165) is 16.9 Å². The fourth-order valence-corrected chi connectivity index (χ4v) is 5.77. The van der Waals surface area contributed by atoms with E-state index >= 15 is 0 Å². The molecule has 0 aliphatic carbocycles. The van der Waals surface area contributed by atoms with Gasteiger partial charge in [-0.15, -0.1) is 0 Å². The average Bonchev–Trinajstić information content (AvgIpc) is 3.02. The molecular formula is C34H29ClN2O5S. The second-order valence-corrected chi connectivity index (χ2v) is 12.0. The summed E-state index contributed by atoms with van der Waals surface area (Å²) in [5.74, 6) is 1.45. The van der Waals surface area contributed by atoms with Crippen LogP contribution in [-0.2, 0) is 21.4 Å². The van der Waals surface area contributed by atoms with Gasteiger partial charge in [0, 0.05) is 10.7 Å². The van der Waals surface area contributed by atoms with Gasteiger partial charge in [0.2, 0.25) is 0 Å². The molecule has 5 rings (SSSR count). The molecule has 5 aromatic carbocycles. The van der Waals surface area contributed by atoms with E-state index in [-0.39, 0.29) is 24.0 Å². The molecule has 43 heavy (non-hydrogen) atoms. The Kier molecular flexibility index (Phi) is 9.29. The first-order valence-electron chi connectivity index (χ1n) is 13.5. The molecule has 1 amide bonds. The number of nitrogens with zero attached hydrogens (tertiary/aromatic N) is 1. The molecule has 9 heteroatoms. The number of benzene rings is 5. The van der Waals surface area contributed by atoms with Crippen molar-refractivity contribution in [3.05, 3.63) is 144 Å². The third kappa shape index (κ3) is 7.94. The SMILES string of the molecule is Cc1ccc(S(=O)(=O)N(Cc2ccc(Cl)cc2)c2ccc(OCC(=O)Nc3ccc(Oc4ccccc4)cc3)cc2)cc1. The second kappa shape index (κ2) is 13.5. The third-order valence-corrected chi connectivity index (χ3v) is 8.50. The van der Waals surface area contributed by atoms with E-state index in [1.54, 1.807) is 97.1 Å². The number of nitrogens with one attached hydrogen (secondary N) is 1. The molecule has 0 aliphatic heterocycles. The van der Waals surface area contributed by atoms with Crippen LogP contribution in [-0.4, -0.2) is 20.9 Å². The van der Waals surface area contributed by atoms with Crippen LogP contribution in [0.25, 0.3) is 0 Å². The van der Waals surface area contributed by atoms with Gasteiger partial charge in [-0.05, 0) is 97.4 Å². The summed E-state index contributed by atoms with van der Waals surface area (Å²) in [6, 6.07) is 36.8. The number of hydrogen-bond acceptors (Lipinski definition) is 5. The van der Waals surface area contributed by atoms with Crippen molar-refractivity contribution in [2.24, 2.45) is 0 Å². The minimum atomic E-state index is -3.89. The Balaban J connectivity index is 1.23. The molecular weight excluding hydrogens is 584 g/mol. The van der Waals surface area contributed by atoms with Gasteiger partial charge in [0.25, 0.3) is 15.9 Å². The Hall–Kier alpha value is -4.79. The first-order chi connectivity index (χ1) is 20.8. The van der Waals surface area contributed by atoms with Crippen LogP contribution in [0.15, 0.2) is 132 Å². The molecule has 0 aromatic heterocycles. The topological polar surface area (TPSA) is 84.9 Å². The van der Waals surface area contributed by atoms with Gasteiger partial charge in [0.05, 0.1) is 17.1 Å². The number of ether oxygens (including phenoxy) is 2. The van der Waals surface area contributed by atoms with Crippen molar-refractivity contribution in [2.45, 2.75) is 18.4 Å². The number of halogens is 1. The van der Waals surface area contributed by atoms with Crippen LogP contribution in [0.4, 0.5) is 11.4 Å². The molecule has 0 radical (unpaired) electrons. The Morgan fingerprint density at radius 1 is 0.744 bits per heavy atom. The maximum atomic E-state index is 13.7. The highest BCUT2D eigenvalue weighted by Crippen LogP contribution is 2.29. The fraction of sp³-hybridized carbons (Fsp3) is 0.0882. The Morgan fingerprint density at radius 3 is 2.00 bits per heavy atom. The van der Waals surface area contributed by atoms with E-state index in [9.17, 15) is 13.2 Å². The number of para-hydroxylation sites is 1. The van der Waals surface area contributed by atoms with Gasteiger partial charge in [-0.1, -0.05) is 59.6 Å². The van der Waals surface area contributed by atoms with E-state index in [0.29, 0.717) is 27.9 Å². The summed E-state index contributed by atoms with van der Waals surface area (Å²) in [6.45, 7) is 1.78. The zero-order chi connectivity index (χ0) is 30.2. The molecule has 218 valence electrons. The molecule has 1 N–H and O–H groups in total. The fourth-order valence-electron chi connectivity index (χ4n) is 4.19. The number of carbonyl (C=O) groups excluding carboxylic acids is 1. The summed E-state index contributed by atoms with van der Waals surface area (Å²) in [5, 5.41) is 3.36. The predicted octanol–water partition coefficient (Wildman–Crippen LogP) is 7.85. The van der Waals surface area contributed by atoms with E-state index in [1.807, 2.05) is 37.3 Å². The molecule has 0 bridgehead atoms. The number of rotatable bonds is 11. The van der Waals surface area contributed by atoms with E-state index in [1.165, 1.54) is 4.31 Å². The van der Waals surface area contributed by atoms with Crippen LogP contribution in [0, 0.1) is 6.92 Å². The van der Waals surface area contributed by atoms with Gasteiger partial charge in [-0.3, -0.25) is 9.10 Å². The molecule has 5 aromatic rings. The van der Waals surface area contributed by atoms with Crippen molar-refractivity contribution in [3.63, 3.8) is 0 Å². The maximum absolute atomic E-state index is 13.7. The van der Waals surface area contributed by atoms with Crippen molar-refractivity contribution in [1.29, 1.82) is 0 Å².